The Kier molecular flexibility index (Phi) is 3.10. The Hall–Kier alpha value is -1.88. The maximum Gasteiger partial charge on any atom is 0.335 e. The predicted octanol–water partition coefficient (Wildman–Crippen LogP) is 1.18. The minimum atomic E-state index is -0.934. The molecule has 2 rings (SSSR count). The molecule has 0 amide bonds. The molecule has 0 radical (unpaired) electrons. The van der Waals surface area contributed by atoms with E-state index in [2.05, 4.69) is 0 Å². The van der Waals surface area contributed by atoms with Crippen LogP contribution in [0.4, 0.5) is 0 Å². The summed E-state index contributed by atoms with van der Waals surface area (Å²) in [5.74, 6) is -1.75. The summed E-state index contributed by atoms with van der Waals surface area (Å²) >= 11 is 0. The Morgan fingerprint density at radius 2 is 1.88 bits per heavy atom. The Balaban J connectivity index is 2.06. The molecule has 1 aromatic carbocycles. The number of hydrogen-bond acceptors (Lipinski definition) is 3. The third kappa shape index (κ3) is 2.62. The van der Waals surface area contributed by atoms with Gasteiger partial charge in [-0.3, -0.25) is 9.69 Å². The summed E-state index contributed by atoms with van der Waals surface area (Å²) in [6.45, 7) is 1.82. The zero-order chi connectivity index (χ0) is 12.4. The number of carboxylic acids is 2. The van der Waals surface area contributed by atoms with E-state index in [4.69, 9.17) is 10.2 Å². The van der Waals surface area contributed by atoms with Gasteiger partial charge in [-0.2, -0.15) is 0 Å². The summed E-state index contributed by atoms with van der Waals surface area (Å²) in [4.78, 5) is 23.3. The molecule has 0 aromatic heterocycles. The molecule has 5 nitrogen and oxygen atoms in total. The van der Waals surface area contributed by atoms with Crippen molar-refractivity contribution in [1.82, 2.24) is 4.90 Å². The number of aliphatic carboxylic acids is 1. The Bertz CT molecular complexity index is 470. The summed E-state index contributed by atoms with van der Waals surface area (Å²) < 4.78 is 0. The minimum absolute atomic E-state index is 0.111. The fourth-order valence-electron chi connectivity index (χ4n) is 2.01. The number of nitrogens with zero attached hydrogens (tertiary/aromatic N) is 1. The van der Waals surface area contributed by atoms with E-state index in [-0.39, 0.29) is 12.0 Å². The first-order chi connectivity index (χ1) is 8.06. The van der Waals surface area contributed by atoms with Crippen molar-refractivity contribution in [1.29, 1.82) is 0 Å². The lowest BCUT2D eigenvalue weighted by molar-refractivity contribution is -0.137. The fourth-order valence-corrected chi connectivity index (χ4v) is 2.01. The average Bonchev–Trinajstić information content (AvgIpc) is 2.67. The van der Waals surface area contributed by atoms with Gasteiger partial charge in [0, 0.05) is 19.6 Å². The van der Waals surface area contributed by atoms with Gasteiger partial charge in [-0.25, -0.2) is 4.79 Å². The molecule has 0 bridgehead atoms. The van der Waals surface area contributed by atoms with E-state index in [1.54, 1.807) is 18.2 Å². The van der Waals surface area contributed by atoms with Gasteiger partial charge in [0.2, 0.25) is 0 Å². The Morgan fingerprint density at radius 1 is 1.18 bits per heavy atom. The second-order valence-electron chi connectivity index (χ2n) is 4.14. The molecule has 1 aliphatic heterocycles. The predicted molar refractivity (Wildman–Crippen MR) is 59.8 cm³/mol. The van der Waals surface area contributed by atoms with E-state index in [0.29, 0.717) is 19.6 Å². The minimum Gasteiger partial charge on any atom is -0.481 e. The maximum absolute atomic E-state index is 10.8. The van der Waals surface area contributed by atoms with Gasteiger partial charge in [0.05, 0.1) is 12.0 Å². The highest BCUT2D eigenvalue weighted by atomic mass is 16.4. The summed E-state index contributed by atoms with van der Waals surface area (Å²) in [6.07, 6.45) is 0.111. The fraction of sp³-hybridized carbons (Fsp3) is 0.333. The van der Waals surface area contributed by atoms with E-state index in [9.17, 15) is 9.59 Å². The van der Waals surface area contributed by atoms with E-state index in [0.717, 1.165) is 11.1 Å². The van der Waals surface area contributed by atoms with Crippen molar-refractivity contribution in [2.24, 2.45) is 0 Å². The maximum atomic E-state index is 10.8. The number of benzene rings is 1. The molecule has 1 heterocycles. The summed E-state index contributed by atoms with van der Waals surface area (Å²) in [6, 6.07) is 5.06. The molecule has 90 valence electrons. The van der Waals surface area contributed by atoms with Gasteiger partial charge in [0.1, 0.15) is 0 Å². The molecular weight excluding hydrogens is 222 g/mol. The smallest absolute Gasteiger partial charge is 0.335 e. The van der Waals surface area contributed by atoms with E-state index in [1.807, 2.05) is 4.90 Å². The van der Waals surface area contributed by atoms with E-state index in [1.165, 1.54) is 0 Å². The molecule has 0 saturated heterocycles. The van der Waals surface area contributed by atoms with Crippen molar-refractivity contribution < 1.29 is 19.8 Å². The SMILES string of the molecule is O=C(O)CCN1Cc2ccc(C(=O)O)cc2C1. The molecule has 1 aromatic rings. The molecular formula is C12H13NO4. The van der Waals surface area contributed by atoms with Crippen LogP contribution in [0.3, 0.4) is 0 Å². The standard InChI is InChI=1S/C12H13NO4/c14-11(15)3-4-13-6-9-2-1-8(12(16)17)5-10(9)7-13/h1-2,5H,3-4,6-7H2,(H,14,15)(H,16,17). The normalized spacial score (nSPS) is 14.6. The zero-order valence-corrected chi connectivity index (χ0v) is 9.22. The van der Waals surface area contributed by atoms with Gasteiger partial charge in [-0.05, 0) is 23.3 Å². The number of aromatic carboxylic acids is 1. The van der Waals surface area contributed by atoms with Crippen LogP contribution in [-0.4, -0.2) is 33.6 Å². The second-order valence-corrected chi connectivity index (χ2v) is 4.14. The van der Waals surface area contributed by atoms with Gasteiger partial charge < -0.3 is 10.2 Å². The van der Waals surface area contributed by atoms with Crippen molar-refractivity contribution >= 4 is 11.9 Å². The Morgan fingerprint density at radius 3 is 2.53 bits per heavy atom. The average molecular weight is 235 g/mol. The molecule has 5 heteroatoms. The van der Waals surface area contributed by atoms with E-state index >= 15 is 0 Å². The molecule has 2 N–H and O–H groups in total. The monoisotopic (exact) mass is 235 g/mol. The zero-order valence-electron chi connectivity index (χ0n) is 9.22. The highest BCUT2D eigenvalue weighted by Gasteiger charge is 2.20. The van der Waals surface area contributed by atoms with Crippen LogP contribution in [0.5, 0.6) is 0 Å². The highest BCUT2D eigenvalue weighted by Crippen LogP contribution is 2.23. The van der Waals surface area contributed by atoms with E-state index < -0.39 is 11.9 Å². The van der Waals surface area contributed by atoms with Gasteiger partial charge >= 0.3 is 11.9 Å². The van der Waals surface area contributed by atoms with Crippen molar-refractivity contribution in [3.8, 4) is 0 Å². The van der Waals surface area contributed by atoms with Crippen LogP contribution in [-0.2, 0) is 17.9 Å². The van der Waals surface area contributed by atoms with Crippen LogP contribution in [0.25, 0.3) is 0 Å². The molecule has 0 unspecified atom stereocenters. The topological polar surface area (TPSA) is 77.8 Å². The highest BCUT2D eigenvalue weighted by molar-refractivity contribution is 5.87. The first-order valence-corrected chi connectivity index (χ1v) is 5.35. The number of rotatable bonds is 4. The quantitative estimate of drug-likeness (QED) is 0.819. The molecule has 17 heavy (non-hydrogen) atoms. The van der Waals surface area contributed by atoms with Crippen LogP contribution < -0.4 is 0 Å². The van der Waals surface area contributed by atoms with Gasteiger partial charge in [0.15, 0.2) is 0 Å². The summed E-state index contributed by atoms with van der Waals surface area (Å²) in [7, 11) is 0. The van der Waals surface area contributed by atoms with Crippen LogP contribution in [0.2, 0.25) is 0 Å². The largest absolute Gasteiger partial charge is 0.481 e. The number of fused-ring (bicyclic) bond motifs is 1. The van der Waals surface area contributed by atoms with Crippen LogP contribution in [0.1, 0.15) is 27.9 Å². The van der Waals surface area contributed by atoms with Gasteiger partial charge in [-0.15, -0.1) is 0 Å². The summed E-state index contributed by atoms with van der Waals surface area (Å²) in [5.41, 5.74) is 2.35. The van der Waals surface area contributed by atoms with Crippen molar-refractivity contribution in [2.75, 3.05) is 6.54 Å². The first-order valence-electron chi connectivity index (χ1n) is 5.35. The third-order valence-corrected chi connectivity index (χ3v) is 2.88. The molecule has 0 atom stereocenters. The van der Waals surface area contributed by atoms with Crippen LogP contribution >= 0.6 is 0 Å². The molecule has 0 aliphatic carbocycles. The van der Waals surface area contributed by atoms with Crippen molar-refractivity contribution in [2.45, 2.75) is 19.5 Å². The summed E-state index contributed by atoms with van der Waals surface area (Å²) in [5, 5.41) is 17.5. The lowest BCUT2D eigenvalue weighted by Gasteiger charge is -2.12. The molecule has 0 saturated carbocycles. The number of carbonyl (C=O) groups is 2. The van der Waals surface area contributed by atoms with Crippen LogP contribution in [0.15, 0.2) is 18.2 Å². The third-order valence-electron chi connectivity index (χ3n) is 2.88. The Labute approximate surface area is 98.3 Å². The lowest BCUT2D eigenvalue weighted by atomic mass is 10.1. The van der Waals surface area contributed by atoms with Gasteiger partial charge in [0.25, 0.3) is 0 Å². The lowest BCUT2D eigenvalue weighted by Crippen LogP contribution is -2.20. The van der Waals surface area contributed by atoms with Crippen molar-refractivity contribution in [3.05, 3.63) is 34.9 Å². The molecule has 0 fully saturated rings. The molecule has 0 spiro atoms. The van der Waals surface area contributed by atoms with Crippen molar-refractivity contribution in [3.63, 3.8) is 0 Å². The van der Waals surface area contributed by atoms with Gasteiger partial charge in [-0.1, -0.05) is 6.07 Å². The first kappa shape index (κ1) is 11.6. The molecule has 1 aliphatic rings. The number of hydrogen-bond donors (Lipinski definition) is 2. The number of carboxylic acid groups (broad SMARTS) is 2. The second kappa shape index (κ2) is 4.55. The van der Waals surface area contributed by atoms with Crippen LogP contribution in [0, 0.1) is 0 Å².